The van der Waals surface area contributed by atoms with Crippen molar-refractivity contribution in [2.24, 2.45) is 0 Å². The van der Waals surface area contributed by atoms with Gasteiger partial charge in [0, 0.05) is 11.4 Å². The summed E-state index contributed by atoms with van der Waals surface area (Å²) in [5.41, 5.74) is 2.41. The van der Waals surface area contributed by atoms with Gasteiger partial charge in [-0.3, -0.25) is 0 Å². The largest absolute Gasteiger partial charge is 0.462 e. The summed E-state index contributed by atoms with van der Waals surface area (Å²) < 4.78 is 4.97. The second-order valence-corrected chi connectivity index (χ2v) is 3.79. The zero-order chi connectivity index (χ0) is 12.8. The summed E-state index contributed by atoms with van der Waals surface area (Å²) in [7, 11) is 0. The van der Waals surface area contributed by atoms with E-state index >= 15 is 0 Å². The predicted molar refractivity (Wildman–Crippen MR) is 72.1 cm³/mol. The van der Waals surface area contributed by atoms with Crippen LogP contribution in [0, 0.1) is 0 Å². The number of hydrogen-bond donors (Lipinski definition) is 1. The standard InChI is InChI=1S/C15H15NO2/c1-2-18-15(17)12-7-6-10-14(11-12)16-13-8-4-3-5-9-13/h3-11,16H,2H2,1H3. The van der Waals surface area contributed by atoms with Crippen molar-refractivity contribution in [2.75, 3.05) is 11.9 Å². The normalized spacial score (nSPS) is 9.83. The van der Waals surface area contributed by atoms with Gasteiger partial charge in [-0.1, -0.05) is 24.3 Å². The lowest BCUT2D eigenvalue weighted by atomic mass is 10.2. The van der Waals surface area contributed by atoms with Crippen molar-refractivity contribution in [3.05, 3.63) is 60.2 Å². The van der Waals surface area contributed by atoms with Gasteiger partial charge in [0.25, 0.3) is 0 Å². The molecule has 0 aliphatic carbocycles. The van der Waals surface area contributed by atoms with Crippen LogP contribution in [-0.2, 0) is 4.74 Å². The number of rotatable bonds is 4. The third-order valence-electron chi connectivity index (χ3n) is 2.44. The average molecular weight is 241 g/mol. The lowest BCUT2D eigenvalue weighted by Gasteiger charge is -2.08. The van der Waals surface area contributed by atoms with Crippen LogP contribution in [0.25, 0.3) is 0 Å². The minimum atomic E-state index is -0.297. The van der Waals surface area contributed by atoms with Crippen LogP contribution in [0.3, 0.4) is 0 Å². The van der Waals surface area contributed by atoms with Gasteiger partial charge in [-0.2, -0.15) is 0 Å². The number of carbonyl (C=O) groups excluding carboxylic acids is 1. The van der Waals surface area contributed by atoms with Crippen molar-refractivity contribution in [1.29, 1.82) is 0 Å². The molecule has 2 aromatic carbocycles. The molecule has 0 aromatic heterocycles. The lowest BCUT2D eigenvalue weighted by molar-refractivity contribution is 0.0526. The second kappa shape index (κ2) is 5.87. The van der Waals surface area contributed by atoms with E-state index in [-0.39, 0.29) is 5.97 Å². The third kappa shape index (κ3) is 3.10. The molecule has 2 rings (SSSR count). The Labute approximate surface area is 106 Å². The summed E-state index contributed by atoms with van der Waals surface area (Å²) in [4.78, 5) is 11.6. The molecule has 0 aliphatic rings. The summed E-state index contributed by atoms with van der Waals surface area (Å²) in [5.74, 6) is -0.297. The van der Waals surface area contributed by atoms with E-state index in [0.29, 0.717) is 12.2 Å². The van der Waals surface area contributed by atoms with E-state index in [0.717, 1.165) is 11.4 Å². The number of ether oxygens (including phenoxy) is 1. The molecule has 0 radical (unpaired) electrons. The van der Waals surface area contributed by atoms with E-state index in [1.54, 1.807) is 19.1 Å². The number of anilines is 2. The Balaban J connectivity index is 2.15. The topological polar surface area (TPSA) is 38.3 Å². The first-order chi connectivity index (χ1) is 8.79. The predicted octanol–water partition coefficient (Wildman–Crippen LogP) is 3.61. The summed E-state index contributed by atoms with van der Waals surface area (Å²) in [5, 5.41) is 3.23. The number of esters is 1. The van der Waals surface area contributed by atoms with Crippen molar-refractivity contribution < 1.29 is 9.53 Å². The van der Waals surface area contributed by atoms with E-state index in [4.69, 9.17) is 4.74 Å². The fourth-order valence-electron chi connectivity index (χ4n) is 1.63. The quantitative estimate of drug-likeness (QED) is 0.831. The molecule has 0 bridgehead atoms. The second-order valence-electron chi connectivity index (χ2n) is 3.79. The molecule has 1 N–H and O–H groups in total. The molecule has 0 heterocycles. The zero-order valence-corrected chi connectivity index (χ0v) is 10.2. The molecule has 92 valence electrons. The summed E-state index contributed by atoms with van der Waals surface area (Å²) in [6.07, 6.45) is 0. The van der Waals surface area contributed by atoms with Gasteiger partial charge >= 0.3 is 5.97 Å². The highest BCUT2D eigenvalue weighted by atomic mass is 16.5. The minimum absolute atomic E-state index is 0.297. The van der Waals surface area contributed by atoms with Gasteiger partial charge in [-0.15, -0.1) is 0 Å². The van der Waals surface area contributed by atoms with Gasteiger partial charge in [-0.05, 0) is 37.3 Å². The fourth-order valence-corrected chi connectivity index (χ4v) is 1.63. The number of para-hydroxylation sites is 1. The van der Waals surface area contributed by atoms with Crippen LogP contribution in [0.2, 0.25) is 0 Å². The van der Waals surface area contributed by atoms with E-state index in [9.17, 15) is 4.79 Å². The highest BCUT2D eigenvalue weighted by Gasteiger charge is 2.06. The van der Waals surface area contributed by atoms with Crippen LogP contribution >= 0.6 is 0 Å². The van der Waals surface area contributed by atoms with Crippen molar-refractivity contribution in [3.63, 3.8) is 0 Å². The smallest absolute Gasteiger partial charge is 0.338 e. The molecule has 2 aromatic rings. The highest BCUT2D eigenvalue weighted by Crippen LogP contribution is 2.17. The molecular weight excluding hydrogens is 226 g/mol. The Morgan fingerprint density at radius 2 is 1.78 bits per heavy atom. The van der Waals surface area contributed by atoms with E-state index in [1.165, 1.54) is 0 Å². The van der Waals surface area contributed by atoms with Crippen molar-refractivity contribution in [2.45, 2.75) is 6.92 Å². The van der Waals surface area contributed by atoms with Crippen LogP contribution in [0.15, 0.2) is 54.6 Å². The molecule has 0 amide bonds. The molecule has 0 fully saturated rings. The van der Waals surface area contributed by atoms with Crippen molar-refractivity contribution >= 4 is 17.3 Å². The minimum Gasteiger partial charge on any atom is -0.462 e. The highest BCUT2D eigenvalue weighted by molar-refractivity contribution is 5.90. The molecular formula is C15H15NO2. The molecule has 0 saturated heterocycles. The molecule has 0 spiro atoms. The van der Waals surface area contributed by atoms with Gasteiger partial charge in [0.2, 0.25) is 0 Å². The maximum atomic E-state index is 11.6. The number of hydrogen-bond acceptors (Lipinski definition) is 3. The fraction of sp³-hybridized carbons (Fsp3) is 0.133. The maximum absolute atomic E-state index is 11.6. The van der Waals surface area contributed by atoms with E-state index in [1.807, 2.05) is 42.5 Å². The van der Waals surface area contributed by atoms with E-state index in [2.05, 4.69) is 5.32 Å². The Kier molecular flexibility index (Phi) is 3.97. The number of nitrogens with one attached hydrogen (secondary N) is 1. The van der Waals surface area contributed by atoms with Crippen molar-refractivity contribution in [1.82, 2.24) is 0 Å². The van der Waals surface area contributed by atoms with Gasteiger partial charge in [0.15, 0.2) is 0 Å². The molecule has 3 nitrogen and oxygen atoms in total. The van der Waals surface area contributed by atoms with Gasteiger partial charge in [0.1, 0.15) is 0 Å². The number of benzene rings is 2. The van der Waals surface area contributed by atoms with Crippen LogP contribution in [0.4, 0.5) is 11.4 Å². The summed E-state index contributed by atoms with van der Waals surface area (Å²) in [6, 6.07) is 17.1. The lowest BCUT2D eigenvalue weighted by Crippen LogP contribution is -2.04. The van der Waals surface area contributed by atoms with Gasteiger partial charge in [0.05, 0.1) is 12.2 Å². The molecule has 3 heteroatoms. The Bertz CT molecular complexity index is 523. The van der Waals surface area contributed by atoms with E-state index < -0.39 is 0 Å². The first-order valence-electron chi connectivity index (χ1n) is 5.89. The molecule has 0 unspecified atom stereocenters. The van der Waals surface area contributed by atoms with Gasteiger partial charge in [-0.25, -0.2) is 4.79 Å². The number of carbonyl (C=O) groups is 1. The van der Waals surface area contributed by atoms with Gasteiger partial charge < -0.3 is 10.1 Å². The third-order valence-corrected chi connectivity index (χ3v) is 2.44. The summed E-state index contributed by atoms with van der Waals surface area (Å²) >= 11 is 0. The molecule has 0 atom stereocenters. The molecule has 18 heavy (non-hydrogen) atoms. The monoisotopic (exact) mass is 241 g/mol. The summed E-state index contributed by atoms with van der Waals surface area (Å²) in [6.45, 7) is 2.18. The Hall–Kier alpha value is -2.29. The zero-order valence-electron chi connectivity index (χ0n) is 10.2. The Morgan fingerprint density at radius 1 is 1.06 bits per heavy atom. The SMILES string of the molecule is CCOC(=O)c1cccc(Nc2ccccc2)c1. The van der Waals surface area contributed by atoms with Crippen molar-refractivity contribution in [3.8, 4) is 0 Å². The Morgan fingerprint density at radius 3 is 2.50 bits per heavy atom. The van der Waals surface area contributed by atoms with Crippen LogP contribution in [0.5, 0.6) is 0 Å². The van der Waals surface area contributed by atoms with Crippen LogP contribution in [-0.4, -0.2) is 12.6 Å². The average Bonchev–Trinajstić information content (AvgIpc) is 2.40. The van der Waals surface area contributed by atoms with Crippen LogP contribution in [0.1, 0.15) is 17.3 Å². The maximum Gasteiger partial charge on any atom is 0.338 e. The molecule has 0 aliphatic heterocycles. The first kappa shape index (κ1) is 12.2. The molecule has 0 saturated carbocycles. The first-order valence-corrected chi connectivity index (χ1v) is 5.89. The van der Waals surface area contributed by atoms with Crippen LogP contribution < -0.4 is 5.32 Å².